The molecule has 17 heavy (non-hydrogen) atoms. The third-order valence-electron chi connectivity index (χ3n) is 2.67. The van der Waals surface area contributed by atoms with Crippen molar-refractivity contribution in [1.29, 1.82) is 0 Å². The van der Waals surface area contributed by atoms with Gasteiger partial charge in [-0.1, -0.05) is 42.4 Å². The van der Waals surface area contributed by atoms with E-state index in [2.05, 4.69) is 46.6 Å². The van der Waals surface area contributed by atoms with Crippen molar-refractivity contribution in [3.05, 3.63) is 47.6 Å². The highest BCUT2D eigenvalue weighted by Gasteiger charge is 2.06. The fraction of sp³-hybridized carbons (Fsp3) is 0.385. The molecule has 0 bridgehead atoms. The van der Waals surface area contributed by atoms with Gasteiger partial charge in [0.2, 0.25) is 5.89 Å². The van der Waals surface area contributed by atoms with Crippen LogP contribution in [-0.2, 0) is 6.54 Å². The van der Waals surface area contributed by atoms with Crippen LogP contribution < -0.4 is 5.32 Å². The Morgan fingerprint density at radius 2 is 2.06 bits per heavy atom. The second-order valence-electron chi connectivity index (χ2n) is 4.17. The first-order valence-electron chi connectivity index (χ1n) is 5.80. The van der Waals surface area contributed by atoms with Crippen LogP contribution in [0, 0.1) is 6.92 Å². The van der Waals surface area contributed by atoms with E-state index in [1.165, 1.54) is 5.56 Å². The smallest absolute Gasteiger partial charge is 0.223 e. The van der Waals surface area contributed by atoms with Crippen molar-refractivity contribution >= 4 is 0 Å². The number of benzene rings is 1. The van der Waals surface area contributed by atoms with Gasteiger partial charge in [0, 0.05) is 13.5 Å². The first-order valence-corrected chi connectivity index (χ1v) is 5.80. The van der Waals surface area contributed by atoms with Gasteiger partial charge in [-0.25, -0.2) is 0 Å². The van der Waals surface area contributed by atoms with Gasteiger partial charge in [-0.05, 0) is 11.5 Å². The quantitative estimate of drug-likeness (QED) is 0.857. The lowest BCUT2D eigenvalue weighted by Gasteiger charge is -2.11. The first kappa shape index (κ1) is 11.8. The molecule has 0 spiro atoms. The molecule has 2 rings (SSSR count). The van der Waals surface area contributed by atoms with Gasteiger partial charge in [-0.2, -0.15) is 4.98 Å². The average molecular weight is 231 g/mol. The molecular weight excluding hydrogens is 214 g/mol. The monoisotopic (exact) mass is 231 g/mol. The minimum atomic E-state index is 0.476. The van der Waals surface area contributed by atoms with Crippen LogP contribution in [0.15, 0.2) is 34.9 Å². The van der Waals surface area contributed by atoms with E-state index in [4.69, 9.17) is 4.52 Å². The van der Waals surface area contributed by atoms with E-state index in [9.17, 15) is 0 Å². The molecule has 1 heterocycles. The number of nitrogens with zero attached hydrogens (tertiary/aromatic N) is 2. The third-order valence-corrected chi connectivity index (χ3v) is 2.67. The predicted octanol–water partition coefficient (Wildman–Crippen LogP) is 2.27. The van der Waals surface area contributed by atoms with Crippen LogP contribution in [-0.4, -0.2) is 16.7 Å². The number of aromatic nitrogens is 2. The lowest BCUT2D eigenvalue weighted by atomic mass is 10.0. The van der Waals surface area contributed by atoms with Gasteiger partial charge in [0.05, 0.1) is 6.54 Å². The fourth-order valence-electron chi connectivity index (χ4n) is 1.71. The summed E-state index contributed by atoms with van der Waals surface area (Å²) < 4.78 is 4.91. The molecule has 4 heteroatoms. The molecule has 0 saturated heterocycles. The second kappa shape index (κ2) is 5.59. The molecule has 1 N–H and O–H groups in total. The van der Waals surface area contributed by atoms with Crippen LogP contribution in [0.25, 0.3) is 0 Å². The Kier molecular flexibility index (Phi) is 3.88. The summed E-state index contributed by atoms with van der Waals surface area (Å²) in [4.78, 5) is 4.14. The van der Waals surface area contributed by atoms with Crippen LogP contribution >= 0.6 is 0 Å². The zero-order chi connectivity index (χ0) is 12.1. The zero-order valence-corrected chi connectivity index (χ0v) is 10.2. The van der Waals surface area contributed by atoms with Crippen molar-refractivity contribution in [2.45, 2.75) is 26.3 Å². The van der Waals surface area contributed by atoms with E-state index in [1.807, 2.05) is 6.07 Å². The maximum atomic E-state index is 4.91. The molecule has 0 saturated carbocycles. The van der Waals surface area contributed by atoms with Gasteiger partial charge in [-0.3, -0.25) is 0 Å². The molecule has 1 aromatic heterocycles. The molecular formula is C13H17N3O. The molecule has 4 nitrogen and oxygen atoms in total. The molecule has 90 valence electrons. The maximum absolute atomic E-state index is 4.91. The Morgan fingerprint density at radius 3 is 2.71 bits per heavy atom. The molecule has 1 aromatic carbocycles. The van der Waals surface area contributed by atoms with E-state index < -0.39 is 0 Å². The van der Waals surface area contributed by atoms with Gasteiger partial charge in [-0.15, -0.1) is 0 Å². The van der Waals surface area contributed by atoms with Crippen molar-refractivity contribution in [2.75, 3.05) is 6.54 Å². The number of aryl methyl sites for hydroxylation is 1. The standard InChI is InChI=1S/C13H17N3O/c1-10(12-6-4-3-5-7-12)8-14-9-13-15-11(2)17-16-13/h3-7,10,14H,8-9H2,1-2H3. The number of rotatable bonds is 5. The molecule has 2 aromatic rings. The summed E-state index contributed by atoms with van der Waals surface area (Å²) in [6.07, 6.45) is 0. The van der Waals surface area contributed by atoms with Crippen molar-refractivity contribution in [3.63, 3.8) is 0 Å². The zero-order valence-electron chi connectivity index (χ0n) is 10.2. The van der Waals surface area contributed by atoms with Crippen LogP contribution in [0.4, 0.5) is 0 Å². The highest BCUT2D eigenvalue weighted by molar-refractivity contribution is 5.18. The van der Waals surface area contributed by atoms with Crippen LogP contribution in [0.2, 0.25) is 0 Å². The molecule has 1 unspecified atom stereocenters. The average Bonchev–Trinajstić information content (AvgIpc) is 2.76. The fourth-order valence-corrected chi connectivity index (χ4v) is 1.71. The summed E-state index contributed by atoms with van der Waals surface area (Å²) in [6, 6.07) is 10.4. The van der Waals surface area contributed by atoms with Gasteiger partial charge >= 0.3 is 0 Å². The lowest BCUT2D eigenvalue weighted by molar-refractivity contribution is 0.385. The van der Waals surface area contributed by atoms with Crippen LogP contribution in [0.5, 0.6) is 0 Å². The van der Waals surface area contributed by atoms with Crippen molar-refractivity contribution in [2.24, 2.45) is 0 Å². The predicted molar refractivity (Wildman–Crippen MR) is 65.6 cm³/mol. The Morgan fingerprint density at radius 1 is 1.29 bits per heavy atom. The Balaban J connectivity index is 1.79. The lowest BCUT2D eigenvalue weighted by Crippen LogP contribution is -2.20. The Bertz CT molecular complexity index is 453. The molecule has 0 aliphatic rings. The largest absolute Gasteiger partial charge is 0.340 e. The maximum Gasteiger partial charge on any atom is 0.223 e. The van der Waals surface area contributed by atoms with E-state index in [1.54, 1.807) is 6.92 Å². The third kappa shape index (κ3) is 3.39. The molecule has 1 atom stereocenters. The second-order valence-corrected chi connectivity index (χ2v) is 4.17. The summed E-state index contributed by atoms with van der Waals surface area (Å²) in [5.41, 5.74) is 1.34. The Hall–Kier alpha value is -1.68. The summed E-state index contributed by atoms with van der Waals surface area (Å²) in [7, 11) is 0. The summed E-state index contributed by atoms with van der Waals surface area (Å²) >= 11 is 0. The van der Waals surface area contributed by atoms with Gasteiger partial charge in [0.15, 0.2) is 5.82 Å². The van der Waals surface area contributed by atoms with E-state index in [0.717, 1.165) is 6.54 Å². The summed E-state index contributed by atoms with van der Waals surface area (Å²) in [5, 5.41) is 7.17. The van der Waals surface area contributed by atoms with E-state index in [0.29, 0.717) is 24.2 Å². The molecule has 0 amide bonds. The SMILES string of the molecule is Cc1nc(CNCC(C)c2ccccc2)no1. The van der Waals surface area contributed by atoms with Crippen molar-refractivity contribution in [1.82, 2.24) is 15.5 Å². The van der Waals surface area contributed by atoms with Crippen LogP contribution in [0.3, 0.4) is 0 Å². The van der Waals surface area contributed by atoms with E-state index >= 15 is 0 Å². The van der Waals surface area contributed by atoms with Crippen molar-refractivity contribution in [3.8, 4) is 0 Å². The topological polar surface area (TPSA) is 51.0 Å². The molecule has 0 radical (unpaired) electrons. The van der Waals surface area contributed by atoms with Gasteiger partial charge in [0.1, 0.15) is 0 Å². The minimum absolute atomic E-state index is 0.476. The number of nitrogens with one attached hydrogen (secondary N) is 1. The van der Waals surface area contributed by atoms with Gasteiger partial charge in [0.25, 0.3) is 0 Å². The first-order chi connectivity index (χ1) is 8.25. The normalized spacial score (nSPS) is 12.6. The van der Waals surface area contributed by atoms with Crippen molar-refractivity contribution < 1.29 is 4.52 Å². The highest BCUT2D eigenvalue weighted by atomic mass is 16.5. The summed E-state index contributed by atoms with van der Waals surface area (Å²) in [5.74, 6) is 1.80. The molecule has 0 aliphatic heterocycles. The van der Waals surface area contributed by atoms with E-state index in [-0.39, 0.29) is 0 Å². The van der Waals surface area contributed by atoms with Crippen LogP contribution in [0.1, 0.15) is 30.1 Å². The number of hydrogen-bond acceptors (Lipinski definition) is 4. The molecule has 0 aliphatic carbocycles. The Labute approximate surface area is 101 Å². The highest BCUT2D eigenvalue weighted by Crippen LogP contribution is 2.13. The minimum Gasteiger partial charge on any atom is -0.340 e. The summed E-state index contributed by atoms with van der Waals surface area (Å²) in [6.45, 7) is 5.54. The number of hydrogen-bond donors (Lipinski definition) is 1. The van der Waals surface area contributed by atoms with Gasteiger partial charge < -0.3 is 9.84 Å². The molecule has 0 fully saturated rings.